The van der Waals surface area contributed by atoms with E-state index in [4.69, 9.17) is 10.8 Å². The van der Waals surface area contributed by atoms with Gasteiger partial charge in [0.1, 0.15) is 0 Å². The predicted octanol–water partition coefficient (Wildman–Crippen LogP) is 12.4. The van der Waals surface area contributed by atoms with Crippen LogP contribution in [0.2, 0.25) is 0 Å². The summed E-state index contributed by atoms with van der Waals surface area (Å²) in [4.78, 5) is 28.3. The van der Waals surface area contributed by atoms with Crippen LogP contribution in [0.25, 0.3) is 24.3 Å². The summed E-state index contributed by atoms with van der Waals surface area (Å²) in [5.41, 5.74) is 10.7. The van der Waals surface area contributed by atoms with Gasteiger partial charge < -0.3 is 19.6 Å². The molecule has 7 aromatic carbocycles. The standard InChI is InChI=1S/C49H43N5O4/c1-36-14-24-44(25-15-36)52(42-10-6-4-7-11-42)45-28-20-38(21-29-45)17-23-40-34-48(54(55)56)39(35-49(40)57-58-50)22-16-37-18-26-46(27-19-37)53(43-12-8-5-9-13-43)47-32-30-41(31-33-47)51(2)3/h4-35H,50H2,1-3H3/b22-16-,23-17-. The molecular formula is C49H43N5O4. The molecule has 0 aliphatic carbocycles. The van der Waals surface area contributed by atoms with E-state index >= 15 is 0 Å². The summed E-state index contributed by atoms with van der Waals surface area (Å²) in [5.74, 6) is 5.56. The average molecular weight is 766 g/mol. The van der Waals surface area contributed by atoms with Crippen LogP contribution in [0.3, 0.4) is 0 Å². The molecule has 0 amide bonds. The smallest absolute Gasteiger partial charge is 0.277 e. The van der Waals surface area contributed by atoms with Crippen LogP contribution < -0.4 is 25.5 Å². The number of benzene rings is 7. The van der Waals surface area contributed by atoms with Crippen molar-refractivity contribution in [2.45, 2.75) is 6.92 Å². The van der Waals surface area contributed by atoms with Crippen molar-refractivity contribution in [3.8, 4) is 5.75 Å². The average Bonchev–Trinajstić information content (AvgIpc) is 3.25. The fourth-order valence-electron chi connectivity index (χ4n) is 6.63. The molecule has 0 heterocycles. The van der Waals surface area contributed by atoms with E-state index in [1.807, 2.05) is 111 Å². The number of aryl methyl sites for hydroxylation is 1. The normalized spacial score (nSPS) is 11.2. The van der Waals surface area contributed by atoms with Gasteiger partial charge in [-0.25, -0.2) is 0 Å². The Hall–Kier alpha value is -7.46. The van der Waals surface area contributed by atoms with Crippen molar-refractivity contribution in [2.75, 3.05) is 28.8 Å². The molecule has 9 nitrogen and oxygen atoms in total. The Kier molecular flexibility index (Phi) is 12.0. The molecule has 0 fully saturated rings. The zero-order valence-corrected chi connectivity index (χ0v) is 32.5. The molecule has 0 unspecified atom stereocenters. The number of nitrogens with zero attached hydrogens (tertiary/aromatic N) is 4. The van der Waals surface area contributed by atoms with E-state index in [9.17, 15) is 10.1 Å². The van der Waals surface area contributed by atoms with Crippen LogP contribution >= 0.6 is 0 Å². The highest BCUT2D eigenvalue weighted by Crippen LogP contribution is 2.37. The van der Waals surface area contributed by atoms with E-state index in [0.29, 0.717) is 11.1 Å². The van der Waals surface area contributed by atoms with Crippen molar-refractivity contribution in [1.82, 2.24) is 0 Å². The van der Waals surface area contributed by atoms with Crippen molar-refractivity contribution >= 4 is 69.8 Å². The number of anilines is 7. The maximum Gasteiger partial charge on any atom is 0.277 e. The number of hydrogen-bond acceptors (Lipinski definition) is 8. The highest BCUT2D eigenvalue weighted by atomic mass is 17.3. The third kappa shape index (κ3) is 9.14. The van der Waals surface area contributed by atoms with E-state index in [1.165, 1.54) is 11.6 Å². The monoisotopic (exact) mass is 765 g/mol. The minimum absolute atomic E-state index is 0.0970. The summed E-state index contributed by atoms with van der Waals surface area (Å²) < 4.78 is 0. The molecule has 0 bridgehead atoms. The molecule has 288 valence electrons. The molecule has 0 atom stereocenters. The van der Waals surface area contributed by atoms with Crippen molar-refractivity contribution in [3.05, 3.63) is 208 Å². The summed E-state index contributed by atoms with van der Waals surface area (Å²) >= 11 is 0. The van der Waals surface area contributed by atoms with Gasteiger partial charge in [0.25, 0.3) is 5.69 Å². The van der Waals surface area contributed by atoms with Crippen molar-refractivity contribution in [2.24, 2.45) is 5.90 Å². The van der Waals surface area contributed by atoms with Gasteiger partial charge in [0.2, 0.25) is 0 Å². The molecule has 0 radical (unpaired) electrons. The van der Waals surface area contributed by atoms with Crippen LogP contribution in [0.15, 0.2) is 170 Å². The lowest BCUT2D eigenvalue weighted by Gasteiger charge is -2.26. The van der Waals surface area contributed by atoms with Gasteiger partial charge in [-0.1, -0.05) is 102 Å². The molecule has 58 heavy (non-hydrogen) atoms. The number of hydrogen-bond donors (Lipinski definition) is 1. The Balaban J connectivity index is 1.13. The highest BCUT2D eigenvalue weighted by molar-refractivity contribution is 5.83. The van der Waals surface area contributed by atoms with E-state index in [0.717, 1.165) is 50.9 Å². The highest BCUT2D eigenvalue weighted by Gasteiger charge is 2.18. The second kappa shape index (κ2) is 18.0. The van der Waals surface area contributed by atoms with Gasteiger partial charge in [-0.3, -0.25) is 10.1 Å². The Morgan fingerprint density at radius 2 is 0.914 bits per heavy atom. The predicted molar refractivity (Wildman–Crippen MR) is 238 cm³/mol. The lowest BCUT2D eigenvalue weighted by Crippen LogP contribution is -2.11. The molecule has 0 saturated carbocycles. The third-order valence-electron chi connectivity index (χ3n) is 9.65. The first-order valence-electron chi connectivity index (χ1n) is 18.7. The summed E-state index contributed by atoms with van der Waals surface area (Å²) in [6.07, 6.45) is 7.11. The van der Waals surface area contributed by atoms with Gasteiger partial charge in [-0.2, -0.15) is 5.90 Å². The molecule has 9 heteroatoms. The molecule has 0 aromatic heterocycles. The summed E-state index contributed by atoms with van der Waals surface area (Å²) in [7, 11) is 4.04. The van der Waals surface area contributed by atoms with Crippen LogP contribution in [0.1, 0.15) is 27.8 Å². The van der Waals surface area contributed by atoms with E-state index in [-0.39, 0.29) is 11.4 Å². The topological polar surface area (TPSA) is 97.3 Å². The van der Waals surface area contributed by atoms with Gasteiger partial charge in [0, 0.05) is 65.5 Å². The first-order valence-corrected chi connectivity index (χ1v) is 18.7. The summed E-state index contributed by atoms with van der Waals surface area (Å²) in [5, 5.41) is 12.4. The van der Waals surface area contributed by atoms with Crippen LogP contribution in [-0.2, 0) is 4.99 Å². The first-order chi connectivity index (χ1) is 28.3. The molecule has 0 spiro atoms. The number of para-hydroxylation sites is 2. The Labute approximate surface area is 338 Å². The quantitative estimate of drug-likeness (QED) is 0.0506. The largest absolute Gasteiger partial charge is 0.378 e. The lowest BCUT2D eigenvalue weighted by atomic mass is 10.0. The molecule has 7 rings (SSSR count). The first kappa shape index (κ1) is 38.8. The molecule has 2 N–H and O–H groups in total. The molecule has 0 saturated heterocycles. The van der Waals surface area contributed by atoms with Crippen molar-refractivity contribution in [1.29, 1.82) is 0 Å². The van der Waals surface area contributed by atoms with Gasteiger partial charge >= 0.3 is 0 Å². The van der Waals surface area contributed by atoms with Crippen LogP contribution in [0.4, 0.5) is 45.5 Å². The summed E-state index contributed by atoms with van der Waals surface area (Å²) in [6, 6.07) is 56.2. The third-order valence-corrected chi connectivity index (χ3v) is 9.65. The lowest BCUT2D eigenvalue weighted by molar-refractivity contribution is -0.385. The van der Waals surface area contributed by atoms with E-state index in [2.05, 4.69) is 99.4 Å². The fraction of sp³-hybridized carbons (Fsp3) is 0.0612. The Bertz CT molecular complexity index is 2500. The molecule has 7 aromatic rings. The summed E-state index contributed by atoms with van der Waals surface area (Å²) in [6.45, 7) is 2.07. The maximum absolute atomic E-state index is 12.4. The zero-order chi connectivity index (χ0) is 40.4. The Morgan fingerprint density at radius 1 is 0.517 bits per heavy atom. The number of nitro groups is 1. The fourth-order valence-corrected chi connectivity index (χ4v) is 6.63. The van der Waals surface area contributed by atoms with Gasteiger partial charge in [-0.05, 0) is 115 Å². The minimum Gasteiger partial charge on any atom is -0.378 e. The Morgan fingerprint density at radius 3 is 1.34 bits per heavy atom. The molecule has 0 aliphatic rings. The van der Waals surface area contributed by atoms with E-state index in [1.54, 1.807) is 18.2 Å². The number of rotatable bonds is 14. The van der Waals surface area contributed by atoms with Crippen LogP contribution in [0.5, 0.6) is 5.75 Å². The SMILES string of the molecule is Cc1ccc(N(c2ccccc2)c2ccc(/C=C\c3cc([N+](=O)[O-])c(/C=C\c4ccc(N(c5ccccc5)c5ccc(N(C)C)cc5)cc4)cc3OON)cc2)cc1. The van der Waals surface area contributed by atoms with Gasteiger partial charge in [-0.15, -0.1) is 0 Å². The van der Waals surface area contributed by atoms with Crippen molar-refractivity contribution in [3.63, 3.8) is 0 Å². The van der Waals surface area contributed by atoms with Crippen LogP contribution in [0, 0.1) is 17.0 Å². The maximum atomic E-state index is 12.4. The number of nitro benzene ring substituents is 1. The van der Waals surface area contributed by atoms with Crippen molar-refractivity contribution < 1.29 is 14.8 Å². The van der Waals surface area contributed by atoms with Crippen LogP contribution in [-0.4, -0.2) is 19.0 Å². The molecule has 0 aliphatic heterocycles. The van der Waals surface area contributed by atoms with Gasteiger partial charge in [0.05, 0.1) is 10.5 Å². The zero-order valence-electron chi connectivity index (χ0n) is 32.5. The second-order valence-electron chi connectivity index (χ2n) is 13.8. The number of nitrogens with two attached hydrogens (primary N) is 1. The minimum atomic E-state index is -0.412. The second-order valence-corrected chi connectivity index (χ2v) is 13.8. The van der Waals surface area contributed by atoms with Gasteiger partial charge in [0.15, 0.2) is 5.75 Å². The van der Waals surface area contributed by atoms with E-state index < -0.39 is 4.92 Å². The molecular weight excluding hydrogens is 723 g/mol.